The Morgan fingerprint density at radius 2 is 1.50 bits per heavy atom. The van der Waals surface area contributed by atoms with Crippen molar-refractivity contribution in [2.75, 3.05) is 0 Å². The molecule has 3 aromatic carbocycles. The fourth-order valence-electron chi connectivity index (χ4n) is 3.20. The molecule has 0 bridgehead atoms. The molecule has 4 aromatic rings. The number of nitrogens with zero attached hydrogens (tertiary/aromatic N) is 2. The number of hydrogen-bond acceptors (Lipinski definition) is 2. The smallest absolute Gasteiger partial charge is 0.335 e. The van der Waals surface area contributed by atoms with Crippen molar-refractivity contribution >= 4 is 5.97 Å². The zero-order valence-corrected chi connectivity index (χ0v) is 14.9. The fraction of sp³-hybridized carbons (Fsp3) is 0. The highest BCUT2D eigenvalue weighted by atomic mass is 16.4. The van der Waals surface area contributed by atoms with Gasteiger partial charge in [0, 0.05) is 23.6 Å². The van der Waals surface area contributed by atoms with Crippen LogP contribution >= 0.6 is 0 Å². The van der Waals surface area contributed by atoms with Crippen molar-refractivity contribution in [2.24, 2.45) is 0 Å². The van der Waals surface area contributed by atoms with E-state index in [4.69, 9.17) is 5.11 Å². The average molecular weight is 364 g/mol. The van der Waals surface area contributed by atoms with Gasteiger partial charge in [-0.3, -0.25) is 0 Å². The first kappa shape index (κ1) is 17.3. The second-order valence-electron chi connectivity index (χ2n) is 6.40. The van der Waals surface area contributed by atoms with E-state index in [1.54, 1.807) is 30.5 Å². The zero-order valence-electron chi connectivity index (χ0n) is 14.9. The molecule has 0 amide bonds. The third-order valence-electron chi connectivity index (χ3n) is 4.64. The van der Waals surface area contributed by atoms with Crippen LogP contribution in [0, 0.1) is 11.3 Å². The minimum absolute atomic E-state index is 0.229. The van der Waals surface area contributed by atoms with E-state index in [0.29, 0.717) is 5.56 Å². The van der Waals surface area contributed by atoms with Crippen molar-refractivity contribution in [2.45, 2.75) is 0 Å². The molecular weight excluding hydrogens is 348 g/mol. The van der Waals surface area contributed by atoms with Crippen molar-refractivity contribution in [3.8, 4) is 34.0 Å². The van der Waals surface area contributed by atoms with Crippen molar-refractivity contribution in [3.63, 3.8) is 0 Å². The molecule has 0 fully saturated rings. The van der Waals surface area contributed by atoms with Crippen molar-refractivity contribution in [1.29, 1.82) is 5.26 Å². The quantitative estimate of drug-likeness (QED) is 0.528. The van der Waals surface area contributed by atoms with Gasteiger partial charge in [-0.2, -0.15) is 5.26 Å². The second kappa shape index (κ2) is 7.26. The third kappa shape index (κ3) is 3.29. The van der Waals surface area contributed by atoms with E-state index in [1.165, 1.54) is 0 Å². The lowest BCUT2D eigenvalue weighted by Crippen LogP contribution is -1.97. The first-order valence-corrected chi connectivity index (χ1v) is 8.77. The SMILES string of the molecule is N#Cc1cn(-c2ccc(C(=O)O)cc2)cc1-c1cccc(-c2ccccc2)c1. The Kier molecular flexibility index (Phi) is 4.49. The van der Waals surface area contributed by atoms with Crippen LogP contribution in [0.3, 0.4) is 0 Å². The standard InChI is InChI=1S/C24H16N2O2/c25-14-21-15-26(22-11-9-18(10-12-22)24(27)28)16-23(21)20-8-4-7-19(13-20)17-5-2-1-3-6-17/h1-13,15-16H,(H,27,28). The number of aromatic carboxylic acids is 1. The highest BCUT2D eigenvalue weighted by molar-refractivity contribution is 5.87. The third-order valence-corrected chi connectivity index (χ3v) is 4.64. The van der Waals surface area contributed by atoms with Gasteiger partial charge in [-0.25, -0.2) is 4.79 Å². The van der Waals surface area contributed by atoms with Gasteiger partial charge in [0.15, 0.2) is 0 Å². The topological polar surface area (TPSA) is 66.0 Å². The van der Waals surface area contributed by atoms with Crippen LogP contribution in [0.4, 0.5) is 0 Å². The molecule has 134 valence electrons. The maximum atomic E-state index is 11.0. The Morgan fingerprint density at radius 3 is 2.18 bits per heavy atom. The van der Waals surface area contributed by atoms with Crippen LogP contribution in [-0.4, -0.2) is 15.6 Å². The predicted octanol–water partition coefficient (Wildman–Crippen LogP) is 5.38. The summed E-state index contributed by atoms with van der Waals surface area (Å²) in [5.74, 6) is -0.963. The maximum absolute atomic E-state index is 11.0. The molecule has 0 unspecified atom stereocenters. The summed E-state index contributed by atoms with van der Waals surface area (Å²) in [6.45, 7) is 0. The van der Waals surface area contributed by atoms with Crippen LogP contribution < -0.4 is 0 Å². The van der Waals surface area contributed by atoms with Gasteiger partial charge in [0.05, 0.1) is 11.1 Å². The lowest BCUT2D eigenvalue weighted by molar-refractivity contribution is 0.0697. The van der Waals surface area contributed by atoms with Crippen molar-refractivity contribution < 1.29 is 9.90 Å². The van der Waals surface area contributed by atoms with Gasteiger partial charge in [-0.1, -0.05) is 48.5 Å². The summed E-state index contributed by atoms with van der Waals surface area (Å²) in [6.07, 6.45) is 3.67. The molecule has 4 nitrogen and oxygen atoms in total. The molecule has 0 atom stereocenters. The number of carboxylic acids is 1. The lowest BCUT2D eigenvalue weighted by Gasteiger charge is -2.05. The summed E-state index contributed by atoms with van der Waals surface area (Å²) in [4.78, 5) is 11.0. The number of hydrogen-bond donors (Lipinski definition) is 1. The van der Waals surface area contributed by atoms with E-state index in [-0.39, 0.29) is 5.56 Å². The number of carboxylic acid groups (broad SMARTS) is 1. The molecule has 0 aliphatic rings. The minimum atomic E-state index is -0.963. The minimum Gasteiger partial charge on any atom is -0.478 e. The Hall–Kier alpha value is -4.10. The van der Waals surface area contributed by atoms with Crippen molar-refractivity contribution in [1.82, 2.24) is 4.57 Å². The van der Waals surface area contributed by atoms with Crippen LogP contribution in [-0.2, 0) is 0 Å². The Morgan fingerprint density at radius 1 is 0.821 bits per heavy atom. The fourth-order valence-corrected chi connectivity index (χ4v) is 3.20. The van der Waals surface area contributed by atoms with E-state index < -0.39 is 5.97 Å². The number of carbonyl (C=O) groups is 1. The van der Waals surface area contributed by atoms with Gasteiger partial charge in [0.2, 0.25) is 0 Å². The highest BCUT2D eigenvalue weighted by Crippen LogP contribution is 2.30. The summed E-state index contributed by atoms with van der Waals surface area (Å²) in [5, 5.41) is 18.7. The maximum Gasteiger partial charge on any atom is 0.335 e. The second-order valence-corrected chi connectivity index (χ2v) is 6.40. The zero-order chi connectivity index (χ0) is 19.5. The van der Waals surface area contributed by atoms with Gasteiger partial charge in [0.25, 0.3) is 0 Å². The van der Waals surface area contributed by atoms with Crippen LogP contribution in [0.1, 0.15) is 15.9 Å². The van der Waals surface area contributed by atoms with Crippen LogP contribution in [0.25, 0.3) is 27.9 Å². The molecule has 4 heteroatoms. The van der Waals surface area contributed by atoms with Gasteiger partial charge >= 0.3 is 5.97 Å². The predicted molar refractivity (Wildman–Crippen MR) is 108 cm³/mol. The first-order valence-electron chi connectivity index (χ1n) is 8.77. The average Bonchev–Trinajstić information content (AvgIpc) is 3.19. The van der Waals surface area contributed by atoms with Gasteiger partial charge in [-0.15, -0.1) is 0 Å². The molecule has 1 heterocycles. The summed E-state index contributed by atoms with van der Waals surface area (Å²) in [6, 6.07) is 27.0. The van der Waals surface area contributed by atoms with Crippen LogP contribution in [0.15, 0.2) is 91.3 Å². The molecule has 0 spiro atoms. The number of aromatic nitrogens is 1. The first-order chi connectivity index (χ1) is 13.7. The van der Waals surface area contributed by atoms with E-state index in [9.17, 15) is 10.1 Å². The Labute approximate surface area is 162 Å². The molecule has 0 aliphatic heterocycles. The number of nitriles is 1. The summed E-state index contributed by atoms with van der Waals surface area (Å²) >= 11 is 0. The summed E-state index contributed by atoms with van der Waals surface area (Å²) in [5.41, 5.74) is 5.58. The largest absolute Gasteiger partial charge is 0.478 e. The summed E-state index contributed by atoms with van der Waals surface area (Å²) in [7, 11) is 0. The van der Waals surface area contributed by atoms with Gasteiger partial charge in [0.1, 0.15) is 6.07 Å². The molecule has 0 radical (unpaired) electrons. The lowest BCUT2D eigenvalue weighted by atomic mass is 9.99. The Balaban J connectivity index is 1.75. The van der Waals surface area contributed by atoms with Crippen molar-refractivity contribution in [3.05, 3.63) is 102 Å². The highest BCUT2D eigenvalue weighted by Gasteiger charge is 2.11. The van der Waals surface area contributed by atoms with Crippen LogP contribution in [0.5, 0.6) is 0 Å². The molecule has 1 aromatic heterocycles. The monoisotopic (exact) mass is 364 g/mol. The van der Waals surface area contributed by atoms with E-state index in [0.717, 1.165) is 27.9 Å². The molecule has 4 rings (SSSR count). The molecule has 1 N–H and O–H groups in total. The molecule has 0 saturated carbocycles. The molecular formula is C24H16N2O2. The normalized spacial score (nSPS) is 10.4. The Bertz CT molecular complexity index is 1180. The van der Waals surface area contributed by atoms with Gasteiger partial charge < -0.3 is 9.67 Å². The number of rotatable bonds is 4. The molecule has 0 saturated heterocycles. The van der Waals surface area contributed by atoms with Gasteiger partial charge in [-0.05, 0) is 47.0 Å². The number of benzene rings is 3. The van der Waals surface area contributed by atoms with E-state index >= 15 is 0 Å². The molecule has 28 heavy (non-hydrogen) atoms. The molecule has 0 aliphatic carbocycles. The van der Waals surface area contributed by atoms with E-state index in [2.05, 4.69) is 24.3 Å². The van der Waals surface area contributed by atoms with Crippen LogP contribution in [0.2, 0.25) is 0 Å². The van der Waals surface area contributed by atoms with E-state index in [1.807, 2.05) is 47.2 Å². The summed E-state index contributed by atoms with van der Waals surface area (Å²) < 4.78 is 1.84.